The van der Waals surface area contributed by atoms with Gasteiger partial charge in [0.25, 0.3) is 5.91 Å². The van der Waals surface area contributed by atoms with E-state index in [2.05, 4.69) is 15.3 Å². The summed E-state index contributed by atoms with van der Waals surface area (Å²) in [5.41, 5.74) is 11.0. The maximum atomic E-state index is 11.7. The molecule has 1 aliphatic heterocycles. The van der Waals surface area contributed by atoms with Gasteiger partial charge in [-0.3, -0.25) is 9.79 Å². The van der Waals surface area contributed by atoms with Gasteiger partial charge in [-0.1, -0.05) is 12.1 Å². The summed E-state index contributed by atoms with van der Waals surface area (Å²) in [5, 5.41) is 3.71. The molecule has 3 heterocycles. The van der Waals surface area contributed by atoms with Crippen LogP contribution in [-0.4, -0.2) is 24.2 Å². The zero-order valence-corrected chi connectivity index (χ0v) is 14.5. The van der Waals surface area contributed by atoms with Gasteiger partial charge in [-0.15, -0.1) is 0 Å². The van der Waals surface area contributed by atoms with Crippen molar-refractivity contribution in [1.82, 2.24) is 10.3 Å². The molecule has 0 saturated heterocycles. The van der Waals surface area contributed by atoms with E-state index in [1.165, 1.54) is 0 Å². The minimum Gasteiger partial charge on any atom is -0.452 e. The highest BCUT2D eigenvalue weighted by molar-refractivity contribution is 6.15. The molecule has 130 valence electrons. The Morgan fingerprint density at radius 1 is 1.38 bits per heavy atom. The van der Waals surface area contributed by atoms with Crippen LogP contribution in [0.4, 0.5) is 5.82 Å². The Morgan fingerprint density at radius 2 is 2.23 bits per heavy atom. The van der Waals surface area contributed by atoms with Gasteiger partial charge in [0.2, 0.25) is 0 Å². The van der Waals surface area contributed by atoms with Crippen LogP contribution in [0.15, 0.2) is 45.9 Å². The number of hydrogen-bond acceptors (Lipinski definition) is 5. The lowest BCUT2D eigenvalue weighted by molar-refractivity contribution is 0.0966. The molecule has 4 rings (SSSR count). The molecule has 0 unspecified atom stereocenters. The van der Waals surface area contributed by atoms with Crippen LogP contribution in [0.5, 0.6) is 0 Å². The number of amides is 1. The number of pyridine rings is 1. The third kappa shape index (κ3) is 2.47. The summed E-state index contributed by atoms with van der Waals surface area (Å²) in [4.78, 5) is 20.1. The van der Waals surface area contributed by atoms with Crippen LogP contribution in [0.2, 0.25) is 0 Å². The second-order valence-corrected chi connectivity index (χ2v) is 6.10. The number of aliphatic imine (C=N–C) groups is 1. The molecule has 0 spiro atoms. The van der Waals surface area contributed by atoms with Gasteiger partial charge in [-0.2, -0.15) is 0 Å². The molecule has 0 atom stereocenters. The number of allylic oxidation sites excluding steroid dienone is 2. The molecule has 26 heavy (non-hydrogen) atoms. The first-order valence-electron chi connectivity index (χ1n) is 8.30. The maximum Gasteiger partial charge on any atom is 0.251 e. The Morgan fingerprint density at radius 3 is 3.00 bits per heavy atom. The van der Waals surface area contributed by atoms with Crippen molar-refractivity contribution in [2.75, 3.05) is 12.8 Å². The third-order valence-corrected chi connectivity index (χ3v) is 4.55. The van der Waals surface area contributed by atoms with Gasteiger partial charge in [-0.05, 0) is 36.3 Å². The van der Waals surface area contributed by atoms with Crippen LogP contribution in [0.25, 0.3) is 27.9 Å². The highest BCUT2D eigenvalue weighted by atomic mass is 16.3. The standard InChI is InChI=1S/C20H18N4O2/c1-3-11(8-22-2)16-10-23-19(21)18-15(16)7-17(26-18)12-4-5-14-13(6-12)9-24-20(14)25/h3-8,10H,9H2,1-2H3,(H2,21,23)(H,24,25)/b11-3+,22-8?. The average molecular weight is 346 g/mol. The van der Waals surface area contributed by atoms with E-state index in [4.69, 9.17) is 10.2 Å². The van der Waals surface area contributed by atoms with Crippen molar-refractivity contribution < 1.29 is 9.21 Å². The first-order valence-corrected chi connectivity index (χ1v) is 8.30. The van der Waals surface area contributed by atoms with Gasteiger partial charge < -0.3 is 15.5 Å². The number of rotatable bonds is 3. The number of nitrogens with one attached hydrogen (secondary N) is 1. The third-order valence-electron chi connectivity index (χ3n) is 4.55. The fourth-order valence-electron chi connectivity index (χ4n) is 3.24. The summed E-state index contributed by atoms with van der Waals surface area (Å²) in [5.74, 6) is 0.993. The van der Waals surface area contributed by atoms with E-state index in [1.54, 1.807) is 19.5 Å². The Bertz CT molecular complexity index is 1090. The van der Waals surface area contributed by atoms with Crippen LogP contribution in [0.3, 0.4) is 0 Å². The van der Waals surface area contributed by atoms with Crippen LogP contribution in [0, 0.1) is 0 Å². The number of nitrogens with zero attached hydrogens (tertiary/aromatic N) is 2. The molecular formula is C20H18N4O2. The predicted molar refractivity (Wildman–Crippen MR) is 103 cm³/mol. The zero-order valence-electron chi connectivity index (χ0n) is 14.5. The van der Waals surface area contributed by atoms with Crippen molar-refractivity contribution in [3.8, 4) is 11.3 Å². The molecule has 2 aromatic heterocycles. The monoisotopic (exact) mass is 346 g/mol. The fourth-order valence-corrected chi connectivity index (χ4v) is 3.24. The minimum absolute atomic E-state index is 0.0385. The summed E-state index contributed by atoms with van der Waals surface area (Å²) in [6.07, 6.45) is 5.49. The highest BCUT2D eigenvalue weighted by Gasteiger charge is 2.20. The van der Waals surface area contributed by atoms with Crippen molar-refractivity contribution in [1.29, 1.82) is 0 Å². The Hall–Kier alpha value is -3.41. The zero-order chi connectivity index (χ0) is 18.3. The summed E-state index contributed by atoms with van der Waals surface area (Å²) in [6, 6.07) is 7.64. The first-order chi connectivity index (χ1) is 12.6. The molecule has 0 bridgehead atoms. The number of nitrogens with two attached hydrogens (primary N) is 1. The lowest BCUT2D eigenvalue weighted by Gasteiger charge is -2.03. The van der Waals surface area contributed by atoms with E-state index in [9.17, 15) is 4.79 Å². The van der Waals surface area contributed by atoms with Crippen molar-refractivity contribution in [3.63, 3.8) is 0 Å². The molecule has 1 aromatic carbocycles. The number of anilines is 1. The van der Waals surface area contributed by atoms with E-state index in [0.717, 1.165) is 27.6 Å². The lowest BCUT2D eigenvalue weighted by Crippen LogP contribution is -2.12. The number of fused-ring (bicyclic) bond motifs is 2. The smallest absolute Gasteiger partial charge is 0.251 e. The highest BCUT2D eigenvalue weighted by Crippen LogP contribution is 2.35. The summed E-state index contributed by atoms with van der Waals surface area (Å²) >= 11 is 0. The maximum absolute atomic E-state index is 11.7. The number of nitrogen functional groups attached to an aromatic ring is 1. The molecule has 0 fully saturated rings. The molecule has 3 N–H and O–H groups in total. The average Bonchev–Trinajstić information content (AvgIpc) is 3.25. The van der Waals surface area contributed by atoms with E-state index in [0.29, 0.717) is 29.3 Å². The first kappa shape index (κ1) is 16.1. The van der Waals surface area contributed by atoms with Gasteiger partial charge in [0.05, 0.1) is 0 Å². The molecule has 6 heteroatoms. The van der Waals surface area contributed by atoms with E-state index in [1.807, 2.05) is 37.3 Å². The number of hydrogen-bond donors (Lipinski definition) is 2. The molecule has 0 aliphatic carbocycles. The molecule has 6 nitrogen and oxygen atoms in total. The van der Waals surface area contributed by atoms with Crippen molar-refractivity contribution in [2.45, 2.75) is 13.5 Å². The normalized spacial score (nSPS) is 14.2. The van der Waals surface area contributed by atoms with Crippen molar-refractivity contribution in [2.24, 2.45) is 4.99 Å². The second-order valence-electron chi connectivity index (χ2n) is 6.10. The number of benzene rings is 1. The Labute approximate surface area is 150 Å². The predicted octanol–water partition coefficient (Wildman–Crippen LogP) is 3.42. The SMILES string of the molecule is C/C=C(\C=NC)c1cnc(N)c2oc(-c3ccc4c(c3)CNC4=O)cc12. The van der Waals surface area contributed by atoms with Gasteiger partial charge in [0, 0.05) is 48.1 Å². The van der Waals surface area contributed by atoms with Crippen LogP contribution in [-0.2, 0) is 6.54 Å². The molecule has 0 saturated carbocycles. The number of carbonyl (C=O) groups excluding carboxylic acids is 1. The number of aromatic nitrogens is 1. The molecule has 3 aromatic rings. The number of carbonyl (C=O) groups is 1. The van der Waals surface area contributed by atoms with Crippen LogP contribution in [0.1, 0.15) is 28.4 Å². The lowest BCUT2D eigenvalue weighted by atomic mass is 10.0. The van der Waals surface area contributed by atoms with E-state index >= 15 is 0 Å². The molecular weight excluding hydrogens is 328 g/mol. The molecule has 1 aliphatic rings. The van der Waals surface area contributed by atoms with Gasteiger partial charge in [-0.25, -0.2) is 4.98 Å². The topological polar surface area (TPSA) is 93.5 Å². The molecule has 1 amide bonds. The van der Waals surface area contributed by atoms with Gasteiger partial charge in [0.1, 0.15) is 5.76 Å². The summed E-state index contributed by atoms with van der Waals surface area (Å²) < 4.78 is 6.02. The van der Waals surface area contributed by atoms with Crippen LogP contribution < -0.4 is 11.1 Å². The van der Waals surface area contributed by atoms with Gasteiger partial charge >= 0.3 is 0 Å². The Kier molecular flexibility index (Phi) is 3.80. The van der Waals surface area contributed by atoms with Crippen molar-refractivity contribution in [3.05, 3.63) is 53.2 Å². The fraction of sp³-hybridized carbons (Fsp3) is 0.150. The number of furan rings is 1. The van der Waals surface area contributed by atoms with Crippen molar-refractivity contribution >= 4 is 34.5 Å². The molecule has 0 radical (unpaired) electrons. The quantitative estimate of drug-likeness (QED) is 0.711. The minimum atomic E-state index is -0.0385. The second kappa shape index (κ2) is 6.15. The summed E-state index contributed by atoms with van der Waals surface area (Å²) in [7, 11) is 1.73. The van der Waals surface area contributed by atoms with E-state index < -0.39 is 0 Å². The van der Waals surface area contributed by atoms with Gasteiger partial charge in [0.15, 0.2) is 11.4 Å². The van der Waals surface area contributed by atoms with Crippen LogP contribution >= 0.6 is 0 Å². The largest absolute Gasteiger partial charge is 0.452 e. The van der Waals surface area contributed by atoms with E-state index in [-0.39, 0.29) is 5.91 Å². The summed E-state index contributed by atoms with van der Waals surface area (Å²) in [6.45, 7) is 2.48. The Balaban J connectivity index is 1.88.